The van der Waals surface area contributed by atoms with Crippen molar-refractivity contribution in [1.82, 2.24) is 9.97 Å². The number of rotatable bonds is 3. The van der Waals surface area contributed by atoms with E-state index in [4.69, 9.17) is 0 Å². The minimum absolute atomic E-state index is 0.156. The molecule has 2 N–H and O–H groups in total. The van der Waals surface area contributed by atoms with Gasteiger partial charge in [0.05, 0.1) is 23.4 Å². The lowest BCUT2D eigenvalue weighted by Crippen LogP contribution is -2.30. The van der Waals surface area contributed by atoms with Gasteiger partial charge in [0.25, 0.3) is 5.91 Å². The molecule has 29 heavy (non-hydrogen) atoms. The Morgan fingerprint density at radius 2 is 1.76 bits per heavy atom. The summed E-state index contributed by atoms with van der Waals surface area (Å²) >= 11 is 0. The highest BCUT2D eigenvalue weighted by atomic mass is 16.3. The number of carbonyl (C=O) groups is 1. The van der Waals surface area contributed by atoms with E-state index in [9.17, 15) is 9.90 Å². The van der Waals surface area contributed by atoms with Crippen LogP contribution in [-0.2, 0) is 4.79 Å². The summed E-state index contributed by atoms with van der Waals surface area (Å²) in [4.78, 5) is 21.9. The van der Waals surface area contributed by atoms with Gasteiger partial charge < -0.3 is 10.1 Å². The van der Waals surface area contributed by atoms with Crippen molar-refractivity contribution >= 4 is 22.6 Å². The van der Waals surface area contributed by atoms with Gasteiger partial charge in [0, 0.05) is 11.3 Å². The zero-order chi connectivity index (χ0) is 20.0. The lowest BCUT2D eigenvalue weighted by Gasteiger charge is -2.27. The second-order valence-corrected chi connectivity index (χ2v) is 8.21. The van der Waals surface area contributed by atoms with Gasteiger partial charge in [-0.2, -0.15) is 0 Å². The van der Waals surface area contributed by atoms with Crippen molar-refractivity contribution in [3.8, 4) is 0 Å². The van der Waals surface area contributed by atoms with E-state index < -0.39 is 0 Å². The van der Waals surface area contributed by atoms with E-state index in [-0.39, 0.29) is 17.7 Å². The maximum Gasteiger partial charge on any atom is 0.293 e. The number of hydrogen-bond donors (Lipinski definition) is 2. The SMILES string of the molecule is CC1=C(O)C(=O)N(c2ccc3nc[nH]c3c2)C1c1ccc(C2CCCCC2)cc1. The number of imidazole rings is 1. The van der Waals surface area contributed by atoms with Gasteiger partial charge in [0.1, 0.15) is 0 Å². The third kappa shape index (κ3) is 3.01. The summed E-state index contributed by atoms with van der Waals surface area (Å²) in [6.07, 6.45) is 8.13. The lowest BCUT2D eigenvalue weighted by atomic mass is 9.83. The van der Waals surface area contributed by atoms with E-state index in [1.807, 2.05) is 25.1 Å². The number of nitrogens with one attached hydrogen (secondary N) is 1. The molecule has 2 heterocycles. The standard InChI is InChI=1S/C24H25N3O2/c1-15-22(18-9-7-17(8-10-18)16-5-3-2-4-6-16)27(24(29)23(15)28)19-11-12-20-21(13-19)26-14-25-20/h7-14,16,22,28H,2-6H2,1H3,(H,25,26). The molecule has 2 aromatic carbocycles. The average molecular weight is 387 g/mol. The van der Waals surface area contributed by atoms with Crippen LogP contribution >= 0.6 is 0 Å². The van der Waals surface area contributed by atoms with Crippen LogP contribution in [0.2, 0.25) is 0 Å². The average Bonchev–Trinajstić information content (AvgIpc) is 3.32. The molecule has 1 atom stereocenters. The second kappa shape index (κ2) is 7.07. The molecule has 0 saturated heterocycles. The van der Waals surface area contributed by atoms with Crippen LogP contribution in [0.15, 0.2) is 60.1 Å². The Balaban J connectivity index is 1.51. The highest BCUT2D eigenvalue weighted by molar-refractivity contribution is 6.09. The normalized spacial score (nSPS) is 20.8. The first kappa shape index (κ1) is 18.0. The Morgan fingerprint density at radius 1 is 1.03 bits per heavy atom. The highest BCUT2D eigenvalue weighted by Crippen LogP contribution is 2.41. The summed E-state index contributed by atoms with van der Waals surface area (Å²) in [5.74, 6) is 0.130. The fraction of sp³-hybridized carbons (Fsp3) is 0.333. The van der Waals surface area contributed by atoms with Gasteiger partial charge in [-0.15, -0.1) is 0 Å². The summed E-state index contributed by atoms with van der Waals surface area (Å²) < 4.78 is 0. The first-order valence-electron chi connectivity index (χ1n) is 10.4. The molecule has 148 valence electrons. The van der Waals surface area contributed by atoms with Crippen LogP contribution in [0.1, 0.15) is 62.1 Å². The molecule has 0 bridgehead atoms. The van der Waals surface area contributed by atoms with Crippen LogP contribution in [-0.4, -0.2) is 21.0 Å². The van der Waals surface area contributed by atoms with Crippen molar-refractivity contribution in [2.75, 3.05) is 4.90 Å². The molecule has 5 nitrogen and oxygen atoms in total. The fourth-order valence-corrected chi connectivity index (χ4v) is 4.85. The number of nitrogens with zero attached hydrogens (tertiary/aromatic N) is 2. The highest BCUT2D eigenvalue weighted by Gasteiger charge is 2.39. The number of aliphatic hydroxyl groups excluding tert-OH is 1. The van der Waals surface area contributed by atoms with Crippen LogP contribution in [0.3, 0.4) is 0 Å². The fourth-order valence-electron chi connectivity index (χ4n) is 4.85. The Bertz CT molecular complexity index is 1090. The number of hydrogen-bond acceptors (Lipinski definition) is 3. The van der Waals surface area contributed by atoms with Gasteiger partial charge in [-0.25, -0.2) is 4.98 Å². The molecule has 1 unspecified atom stereocenters. The molecule has 1 aromatic heterocycles. The van der Waals surface area contributed by atoms with Gasteiger partial charge in [-0.05, 0) is 55.0 Å². The van der Waals surface area contributed by atoms with E-state index in [0.29, 0.717) is 11.5 Å². The van der Waals surface area contributed by atoms with E-state index in [1.165, 1.54) is 37.7 Å². The van der Waals surface area contributed by atoms with Crippen molar-refractivity contribution in [2.45, 2.75) is 51.0 Å². The van der Waals surface area contributed by atoms with E-state index >= 15 is 0 Å². The largest absolute Gasteiger partial charge is 0.503 e. The zero-order valence-corrected chi connectivity index (χ0v) is 16.6. The van der Waals surface area contributed by atoms with Gasteiger partial charge in [0.15, 0.2) is 5.76 Å². The van der Waals surface area contributed by atoms with Crippen LogP contribution in [0.4, 0.5) is 5.69 Å². The Morgan fingerprint density at radius 3 is 2.52 bits per heavy atom. The molecular weight excluding hydrogens is 362 g/mol. The van der Waals surface area contributed by atoms with Gasteiger partial charge in [-0.3, -0.25) is 9.69 Å². The van der Waals surface area contributed by atoms with Crippen molar-refractivity contribution < 1.29 is 9.90 Å². The van der Waals surface area contributed by atoms with Crippen molar-refractivity contribution in [3.63, 3.8) is 0 Å². The third-order valence-electron chi connectivity index (χ3n) is 6.47. The molecule has 1 aliphatic carbocycles. The maximum absolute atomic E-state index is 12.9. The molecule has 0 spiro atoms. The lowest BCUT2D eigenvalue weighted by molar-refractivity contribution is -0.117. The molecule has 1 fully saturated rings. The number of aliphatic hydroxyl groups is 1. The summed E-state index contributed by atoms with van der Waals surface area (Å²) in [7, 11) is 0. The van der Waals surface area contributed by atoms with Crippen LogP contribution in [0.5, 0.6) is 0 Å². The molecule has 0 radical (unpaired) electrons. The van der Waals surface area contributed by atoms with E-state index in [1.54, 1.807) is 11.2 Å². The summed E-state index contributed by atoms with van der Waals surface area (Å²) in [5.41, 5.74) is 5.55. The number of fused-ring (bicyclic) bond motifs is 1. The molecule has 1 amide bonds. The Kier molecular flexibility index (Phi) is 4.38. The molecule has 1 aliphatic heterocycles. The molecule has 3 aromatic rings. The maximum atomic E-state index is 12.9. The van der Waals surface area contributed by atoms with Crippen molar-refractivity contribution in [3.05, 3.63) is 71.3 Å². The smallest absolute Gasteiger partial charge is 0.293 e. The Hall–Kier alpha value is -3.08. The van der Waals surface area contributed by atoms with Crippen LogP contribution < -0.4 is 4.90 Å². The van der Waals surface area contributed by atoms with Crippen LogP contribution in [0, 0.1) is 0 Å². The molecular formula is C24H25N3O2. The van der Waals surface area contributed by atoms with Gasteiger partial charge in [0.2, 0.25) is 0 Å². The van der Waals surface area contributed by atoms with E-state index in [2.05, 4.69) is 34.2 Å². The number of H-pyrrole nitrogens is 1. The third-order valence-corrected chi connectivity index (χ3v) is 6.47. The number of benzene rings is 2. The van der Waals surface area contributed by atoms with Gasteiger partial charge in [-0.1, -0.05) is 43.5 Å². The predicted octanol–water partition coefficient (Wildman–Crippen LogP) is 5.53. The summed E-state index contributed by atoms with van der Waals surface area (Å²) in [5, 5.41) is 10.4. The topological polar surface area (TPSA) is 69.2 Å². The summed E-state index contributed by atoms with van der Waals surface area (Å²) in [6, 6.07) is 14.0. The van der Waals surface area contributed by atoms with Crippen molar-refractivity contribution in [1.29, 1.82) is 0 Å². The summed E-state index contributed by atoms with van der Waals surface area (Å²) in [6.45, 7) is 1.83. The number of aromatic amines is 1. The molecule has 2 aliphatic rings. The monoisotopic (exact) mass is 387 g/mol. The quantitative estimate of drug-likeness (QED) is 0.621. The minimum Gasteiger partial charge on any atom is -0.503 e. The first-order chi connectivity index (χ1) is 14.1. The molecule has 5 heteroatoms. The Labute approximate surface area is 170 Å². The molecule has 5 rings (SSSR count). The number of amides is 1. The predicted molar refractivity (Wildman–Crippen MR) is 114 cm³/mol. The number of carbonyl (C=O) groups excluding carboxylic acids is 1. The number of aromatic nitrogens is 2. The van der Waals surface area contributed by atoms with Crippen molar-refractivity contribution in [2.24, 2.45) is 0 Å². The molecule has 1 saturated carbocycles. The zero-order valence-electron chi connectivity index (χ0n) is 16.6. The minimum atomic E-state index is -0.359. The van der Waals surface area contributed by atoms with E-state index in [0.717, 1.165) is 22.3 Å². The number of anilines is 1. The van der Waals surface area contributed by atoms with Gasteiger partial charge >= 0.3 is 0 Å². The second-order valence-electron chi connectivity index (χ2n) is 8.21. The van der Waals surface area contributed by atoms with Crippen LogP contribution in [0.25, 0.3) is 11.0 Å². The first-order valence-corrected chi connectivity index (χ1v) is 10.4.